The van der Waals surface area contributed by atoms with E-state index in [0.717, 1.165) is 32.3 Å². The van der Waals surface area contributed by atoms with Crippen LogP contribution in [0.25, 0.3) is 0 Å². The van der Waals surface area contributed by atoms with Crippen LogP contribution in [-0.4, -0.2) is 42.6 Å². The highest BCUT2D eigenvalue weighted by Crippen LogP contribution is 2.11. The fraction of sp³-hybridized carbons (Fsp3) is 0.562. The van der Waals surface area contributed by atoms with Crippen LogP contribution in [0, 0.1) is 0 Å². The summed E-state index contributed by atoms with van der Waals surface area (Å²) in [5.74, 6) is -0.456. The zero-order valence-electron chi connectivity index (χ0n) is 12.9. The Morgan fingerprint density at radius 1 is 1.36 bits per heavy atom. The van der Waals surface area contributed by atoms with Gasteiger partial charge in [-0.15, -0.1) is 0 Å². The molecule has 0 radical (unpaired) electrons. The van der Waals surface area contributed by atoms with Crippen LogP contribution < -0.4 is 10.6 Å². The van der Waals surface area contributed by atoms with Gasteiger partial charge in [0.25, 0.3) is 11.8 Å². The van der Waals surface area contributed by atoms with E-state index in [1.54, 1.807) is 6.07 Å². The highest BCUT2D eigenvalue weighted by molar-refractivity contribution is 5.98. The molecule has 6 nitrogen and oxygen atoms in total. The zero-order valence-corrected chi connectivity index (χ0v) is 12.9. The third kappa shape index (κ3) is 4.80. The predicted molar refractivity (Wildman–Crippen MR) is 82.8 cm³/mol. The maximum absolute atomic E-state index is 12.1. The number of hydrogen-bond acceptors (Lipinski definition) is 4. The number of nitrogens with one attached hydrogen (secondary N) is 2. The minimum atomic E-state index is -0.248. The van der Waals surface area contributed by atoms with Gasteiger partial charge in [0, 0.05) is 31.5 Å². The summed E-state index contributed by atoms with van der Waals surface area (Å²) in [4.78, 5) is 28.1. The van der Waals surface area contributed by atoms with Crippen LogP contribution >= 0.6 is 0 Å². The van der Waals surface area contributed by atoms with Gasteiger partial charge in [-0.05, 0) is 31.4 Å². The van der Waals surface area contributed by atoms with Crippen molar-refractivity contribution in [2.75, 3.05) is 19.7 Å². The van der Waals surface area contributed by atoms with Crippen molar-refractivity contribution >= 4 is 11.8 Å². The average molecular weight is 305 g/mol. The monoisotopic (exact) mass is 305 g/mol. The van der Waals surface area contributed by atoms with E-state index in [1.165, 1.54) is 12.3 Å². The lowest BCUT2D eigenvalue weighted by atomic mass is 10.2. The van der Waals surface area contributed by atoms with Crippen molar-refractivity contribution in [3.8, 4) is 0 Å². The van der Waals surface area contributed by atoms with Gasteiger partial charge in [0.05, 0.1) is 6.10 Å². The quantitative estimate of drug-likeness (QED) is 0.749. The lowest BCUT2D eigenvalue weighted by Gasteiger charge is -2.11. The first-order chi connectivity index (χ1) is 10.7. The maximum Gasteiger partial charge on any atom is 0.269 e. The van der Waals surface area contributed by atoms with E-state index in [9.17, 15) is 9.59 Å². The van der Waals surface area contributed by atoms with E-state index in [1.807, 2.05) is 0 Å². The number of hydrogen-bond donors (Lipinski definition) is 2. The second kappa shape index (κ2) is 8.48. The van der Waals surface area contributed by atoms with E-state index in [0.29, 0.717) is 18.7 Å². The molecule has 22 heavy (non-hydrogen) atoms. The molecule has 1 aliphatic heterocycles. The summed E-state index contributed by atoms with van der Waals surface area (Å²) >= 11 is 0. The van der Waals surface area contributed by atoms with Gasteiger partial charge in [-0.3, -0.25) is 14.6 Å². The van der Waals surface area contributed by atoms with Crippen molar-refractivity contribution in [1.29, 1.82) is 0 Å². The minimum absolute atomic E-state index is 0.0996. The molecule has 2 rings (SSSR count). The molecule has 1 unspecified atom stereocenters. The summed E-state index contributed by atoms with van der Waals surface area (Å²) in [5.41, 5.74) is 0.703. The average Bonchev–Trinajstić information content (AvgIpc) is 3.06. The van der Waals surface area contributed by atoms with Crippen LogP contribution in [0.2, 0.25) is 0 Å². The number of unbranched alkanes of at least 4 members (excludes halogenated alkanes) is 1. The Morgan fingerprint density at radius 2 is 2.23 bits per heavy atom. The molecule has 1 atom stereocenters. The molecule has 2 N–H and O–H groups in total. The molecule has 0 spiro atoms. The Balaban J connectivity index is 1.89. The molecule has 2 heterocycles. The van der Waals surface area contributed by atoms with Crippen LogP contribution in [0.1, 0.15) is 53.5 Å². The Labute approximate surface area is 130 Å². The van der Waals surface area contributed by atoms with Gasteiger partial charge in [0.1, 0.15) is 5.69 Å². The molecule has 1 saturated heterocycles. The van der Waals surface area contributed by atoms with Crippen LogP contribution in [-0.2, 0) is 4.74 Å². The first-order valence-electron chi connectivity index (χ1n) is 7.84. The normalized spacial score (nSPS) is 17.2. The molecule has 0 aromatic carbocycles. The molecule has 2 amide bonds. The molecular formula is C16H23N3O3. The van der Waals surface area contributed by atoms with E-state index < -0.39 is 0 Å². The van der Waals surface area contributed by atoms with Crippen molar-refractivity contribution in [3.63, 3.8) is 0 Å². The number of rotatable bonds is 7. The number of carbonyl (C=O) groups excluding carboxylic acids is 2. The Bertz CT molecular complexity index is 513. The highest BCUT2D eigenvalue weighted by Gasteiger charge is 2.17. The molecule has 0 aliphatic carbocycles. The summed E-state index contributed by atoms with van der Waals surface area (Å²) in [5, 5.41) is 5.63. The number of carbonyl (C=O) groups is 2. The van der Waals surface area contributed by atoms with E-state index in [4.69, 9.17) is 4.74 Å². The molecule has 1 fully saturated rings. The van der Waals surface area contributed by atoms with Gasteiger partial charge in [-0.2, -0.15) is 0 Å². The number of aromatic nitrogens is 1. The number of amides is 2. The van der Waals surface area contributed by atoms with E-state index in [-0.39, 0.29) is 23.6 Å². The molecule has 6 heteroatoms. The number of pyridine rings is 1. The smallest absolute Gasteiger partial charge is 0.269 e. The standard InChI is InChI=1S/C16H23N3O3/c1-2-3-7-18-16(21)14-10-12(6-8-17-14)15(20)19-11-13-5-4-9-22-13/h6,8,10,13H,2-5,7,9,11H2,1H3,(H,18,21)(H,19,20). The molecule has 0 saturated carbocycles. The number of nitrogens with zero attached hydrogens (tertiary/aromatic N) is 1. The van der Waals surface area contributed by atoms with Crippen LogP contribution in [0.15, 0.2) is 18.3 Å². The third-order valence-electron chi connectivity index (χ3n) is 3.58. The second-order valence-electron chi connectivity index (χ2n) is 5.38. The van der Waals surface area contributed by atoms with Gasteiger partial charge >= 0.3 is 0 Å². The van der Waals surface area contributed by atoms with E-state index >= 15 is 0 Å². The Hall–Kier alpha value is -1.95. The second-order valence-corrected chi connectivity index (χ2v) is 5.38. The van der Waals surface area contributed by atoms with Gasteiger partial charge in [-0.1, -0.05) is 13.3 Å². The fourth-order valence-electron chi connectivity index (χ4n) is 2.28. The Morgan fingerprint density at radius 3 is 2.95 bits per heavy atom. The molecule has 1 aromatic heterocycles. The summed E-state index contributed by atoms with van der Waals surface area (Å²) < 4.78 is 5.46. The zero-order chi connectivity index (χ0) is 15.8. The molecule has 1 aromatic rings. The molecule has 0 bridgehead atoms. The van der Waals surface area contributed by atoms with Crippen molar-refractivity contribution in [2.24, 2.45) is 0 Å². The lowest BCUT2D eigenvalue weighted by Crippen LogP contribution is -2.32. The van der Waals surface area contributed by atoms with Gasteiger partial charge in [0.15, 0.2) is 0 Å². The lowest BCUT2D eigenvalue weighted by molar-refractivity contribution is 0.0857. The summed E-state index contributed by atoms with van der Waals surface area (Å²) in [7, 11) is 0. The van der Waals surface area contributed by atoms with Crippen LogP contribution in [0.4, 0.5) is 0 Å². The molecular weight excluding hydrogens is 282 g/mol. The molecule has 1 aliphatic rings. The first-order valence-corrected chi connectivity index (χ1v) is 7.84. The van der Waals surface area contributed by atoms with Crippen molar-refractivity contribution < 1.29 is 14.3 Å². The highest BCUT2D eigenvalue weighted by atomic mass is 16.5. The maximum atomic E-state index is 12.1. The third-order valence-corrected chi connectivity index (χ3v) is 3.58. The molecule has 120 valence electrons. The van der Waals surface area contributed by atoms with Crippen LogP contribution in [0.3, 0.4) is 0 Å². The van der Waals surface area contributed by atoms with Gasteiger partial charge in [0.2, 0.25) is 0 Å². The summed E-state index contributed by atoms with van der Waals surface area (Å²) in [6.45, 7) is 3.94. The number of ether oxygens (including phenoxy) is 1. The fourth-order valence-corrected chi connectivity index (χ4v) is 2.28. The van der Waals surface area contributed by atoms with Crippen LogP contribution in [0.5, 0.6) is 0 Å². The summed E-state index contributed by atoms with van der Waals surface area (Å²) in [6, 6.07) is 3.12. The SMILES string of the molecule is CCCCNC(=O)c1cc(C(=O)NCC2CCCO2)ccn1. The van der Waals surface area contributed by atoms with Crippen molar-refractivity contribution in [3.05, 3.63) is 29.6 Å². The Kier molecular flexibility index (Phi) is 6.33. The predicted octanol–water partition coefficient (Wildman–Crippen LogP) is 1.52. The van der Waals surface area contributed by atoms with Gasteiger partial charge in [-0.25, -0.2) is 0 Å². The van der Waals surface area contributed by atoms with Crippen molar-refractivity contribution in [2.45, 2.75) is 38.7 Å². The van der Waals surface area contributed by atoms with Gasteiger partial charge < -0.3 is 15.4 Å². The first kappa shape index (κ1) is 16.4. The largest absolute Gasteiger partial charge is 0.376 e. The van der Waals surface area contributed by atoms with E-state index in [2.05, 4.69) is 22.5 Å². The summed E-state index contributed by atoms with van der Waals surface area (Å²) in [6.07, 6.45) is 5.53. The van der Waals surface area contributed by atoms with Crippen molar-refractivity contribution in [1.82, 2.24) is 15.6 Å². The topological polar surface area (TPSA) is 80.3 Å². The minimum Gasteiger partial charge on any atom is -0.376 e.